The van der Waals surface area contributed by atoms with Gasteiger partial charge in [-0.05, 0) is 11.5 Å². The molecule has 2 amide bonds. The average molecular weight is 212 g/mol. The van der Waals surface area contributed by atoms with Crippen molar-refractivity contribution >= 4 is 28.8 Å². The van der Waals surface area contributed by atoms with Crippen molar-refractivity contribution in [2.45, 2.75) is 6.92 Å². The molecule has 2 rings (SSSR count). The van der Waals surface area contributed by atoms with Crippen LogP contribution in [0.15, 0.2) is 42.5 Å². The number of hydrogen-bond acceptors (Lipinski definition) is 2. The molecule has 3 heteroatoms. The zero-order valence-electron chi connectivity index (χ0n) is 8.81. The molecule has 0 aliphatic carbocycles. The number of anilines is 1. The van der Waals surface area contributed by atoms with Crippen molar-refractivity contribution in [2.75, 3.05) is 4.90 Å². The Kier molecular flexibility index (Phi) is 2.68. The van der Waals surface area contributed by atoms with Crippen molar-refractivity contribution in [2.24, 2.45) is 0 Å². The molecule has 0 unspecified atom stereocenters. The zero-order valence-corrected chi connectivity index (χ0v) is 8.81. The summed E-state index contributed by atoms with van der Waals surface area (Å²) >= 11 is 0. The Bertz CT molecular complexity index is 543. The number of hydrogen-bond donors (Lipinski definition) is 0. The summed E-state index contributed by atoms with van der Waals surface area (Å²) in [6, 6.07) is 13.1. The summed E-state index contributed by atoms with van der Waals surface area (Å²) in [5.74, 6) is -0.341. The third-order valence-corrected chi connectivity index (χ3v) is 2.41. The first-order chi connectivity index (χ1) is 7.74. The molecule has 0 spiro atoms. The second-order valence-corrected chi connectivity index (χ2v) is 3.44. The van der Waals surface area contributed by atoms with Gasteiger partial charge in [0.2, 0.25) is 5.91 Å². The molecule has 0 saturated heterocycles. The second kappa shape index (κ2) is 4.14. The van der Waals surface area contributed by atoms with E-state index in [4.69, 9.17) is 0 Å². The Balaban J connectivity index is 2.68. The number of amides is 2. The highest BCUT2D eigenvalue weighted by molar-refractivity contribution is 6.12. The summed E-state index contributed by atoms with van der Waals surface area (Å²) in [5.41, 5.74) is 0.570. The second-order valence-electron chi connectivity index (χ2n) is 3.44. The number of carbonyl (C=O) groups excluding carboxylic acids is 2. The predicted octanol–water partition coefficient (Wildman–Crippen LogP) is 2.26. The molecule has 2 aromatic carbocycles. The lowest BCUT2D eigenvalue weighted by molar-refractivity contribution is -0.115. The van der Waals surface area contributed by atoms with Crippen LogP contribution in [0.2, 0.25) is 0 Å². The van der Waals surface area contributed by atoms with Crippen LogP contribution in [0.1, 0.15) is 6.92 Å². The van der Waals surface area contributed by atoms with Gasteiger partial charge in [-0.1, -0.05) is 36.4 Å². The quantitative estimate of drug-likeness (QED) is 0.716. The van der Waals surface area contributed by atoms with Gasteiger partial charge in [0, 0.05) is 12.3 Å². The van der Waals surface area contributed by atoms with Crippen LogP contribution in [-0.4, -0.2) is 12.3 Å². The molecular formula is C13H10NO2. The molecule has 0 N–H and O–H groups in total. The molecule has 0 aliphatic heterocycles. The third kappa shape index (κ3) is 1.67. The summed E-state index contributed by atoms with van der Waals surface area (Å²) in [4.78, 5) is 23.0. The van der Waals surface area contributed by atoms with Crippen LogP contribution >= 0.6 is 0 Å². The minimum Gasteiger partial charge on any atom is -0.274 e. The molecule has 0 heterocycles. The molecule has 0 atom stereocenters. The first kappa shape index (κ1) is 10.4. The number of rotatable bonds is 2. The van der Waals surface area contributed by atoms with E-state index in [2.05, 4.69) is 0 Å². The Hall–Kier alpha value is -2.16. The van der Waals surface area contributed by atoms with Crippen molar-refractivity contribution in [3.05, 3.63) is 42.5 Å². The lowest BCUT2D eigenvalue weighted by Gasteiger charge is -2.14. The fraction of sp³-hybridized carbons (Fsp3) is 0.0769. The fourth-order valence-electron chi connectivity index (χ4n) is 1.69. The van der Waals surface area contributed by atoms with E-state index in [1.807, 2.05) is 36.4 Å². The van der Waals surface area contributed by atoms with Crippen LogP contribution in [0.5, 0.6) is 0 Å². The minimum atomic E-state index is -0.341. The predicted molar refractivity (Wildman–Crippen MR) is 62.8 cm³/mol. The van der Waals surface area contributed by atoms with Crippen LogP contribution in [-0.2, 0) is 9.59 Å². The molecule has 16 heavy (non-hydrogen) atoms. The monoisotopic (exact) mass is 212 g/mol. The van der Waals surface area contributed by atoms with Crippen molar-refractivity contribution < 1.29 is 9.59 Å². The van der Waals surface area contributed by atoms with Crippen LogP contribution in [0.3, 0.4) is 0 Å². The minimum absolute atomic E-state index is 0.341. The topological polar surface area (TPSA) is 37.4 Å². The van der Waals surface area contributed by atoms with Crippen LogP contribution in [0, 0.1) is 0 Å². The Morgan fingerprint density at radius 2 is 1.81 bits per heavy atom. The van der Waals surface area contributed by atoms with E-state index in [1.165, 1.54) is 6.92 Å². The lowest BCUT2D eigenvalue weighted by Crippen LogP contribution is -2.26. The molecule has 0 saturated carbocycles. The van der Waals surface area contributed by atoms with Gasteiger partial charge in [0.15, 0.2) is 0 Å². The van der Waals surface area contributed by atoms with Crippen LogP contribution in [0.25, 0.3) is 10.8 Å². The first-order valence-corrected chi connectivity index (χ1v) is 4.90. The largest absolute Gasteiger partial charge is 0.324 e. The Morgan fingerprint density at radius 1 is 1.12 bits per heavy atom. The van der Waals surface area contributed by atoms with Crippen LogP contribution < -0.4 is 4.90 Å². The first-order valence-electron chi connectivity index (χ1n) is 4.90. The van der Waals surface area contributed by atoms with Gasteiger partial charge >= 0.3 is 6.41 Å². The number of carbonyl (C=O) groups is 1. The van der Waals surface area contributed by atoms with E-state index < -0.39 is 0 Å². The molecular weight excluding hydrogens is 202 g/mol. The molecule has 0 fully saturated rings. The normalized spacial score (nSPS) is 10.1. The van der Waals surface area contributed by atoms with Gasteiger partial charge in [-0.2, -0.15) is 0 Å². The SMILES string of the molecule is CC(=O)N([C]=O)c1cccc2ccccc12. The van der Waals surface area contributed by atoms with Crippen molar-refractivity contribution in [1.82, 2.24) is 0 Å². The van der Waals surface area contributed by atoms with E-state index in [9.17, 15) is 9.59 Å². The number of fused-ring (bicyclic) bond motifs is 1. The summed E-state index contributed by atoms with van der Waals surface area (Å²) in [6.07, 6.45) is 1.64. The summed E-state index contributed by atoms with van der Waals surface area (Å²) in [6.45, 7) is 1.34. The van der Waals surface area contributed by atoms with E-state index in [1.54, 1.807) is 12.5 Å². The highest BCUT2D eigenvalue weighted by Gasteiger charge is 2.13. The molecule has 3 nitrogen and oxygen atoms in total. The fourth-order valence-corrected chi connectivity index (χ4v) is 1.69. The molecule has 0 bridgehead atoms. The number of benzene rings is 2. The lowest BCUT2D eigenvalue weighted by atomic mass is 10.1. The van der Waals surface area contributed by atoms with E-state index in [0.29, 0.717) is 5.69 Å². The maximum Gasteiger partial charge on any atom is 0.324 e. The molecule has 2 aromatic rings. The summed E-state index contributed by atoms with van der Waals surface area (Å²) < 4.78 is 0. The molecule has 0 aromatic heterocycles. The van der Waals surface area contributed by atoms with Gasteiger partial charge in [0.1, 0.15) is 0 Å². The highest BCUT2D eigenvalue weighted by Crippen LogP contribution is 2.25. The highest BCUT2D eigenvalue weighted by atomic mass is 16.2. The van der Waals surface area contributed by atoms with Crippen LogP contribution in [0.4, 0.5) is 5.69 Å². The maximum atomic E-state index is 11.3. The van der Waals surface area contributed by atoms with Crippen molar-refractivity contribution in [3.63, 3.8) is 0 Å². The Morgan fingerprint density at radius 3 is 2.50 bits per heavy atom. The standard InChI is InChI=1S/C13H10NO2/c1-10(16)14(9-15)13-8-4-6-11-5-2-3-7-12(11)13/h2-8H,1H3. The summed E-state index contributed by atoms with van der Waals surface area (Å²) in [5, 5.41) is 1.85. The third-order valence-electron chi connectivity index (χ3n) is 2.41. The van der Waals surface area contributed by atoms with E-state index in [0.717, 1.165) is 15.7 Å². The summed E-state index contributed by atoms with van der Waals surface area (Å²) in [7, 11) is 0. The van der Waals surface area contributed by atoms with Crippen molar-refractivity contribution in [3.8, 4) is 0 Å². The number of nitrogens with zero attached hydrogens (tertiary/aromatic N) is 1. The molecule has 1 radical (unpaired) electrons. The van der Waals surface area contributed by atoms with Gasteiger partial charge in [-0.3, -0.25) is 9.59 Å². The Labute approximate surface area is 93.3 Å². The maximum absolute atomic E-state index is 11.3. The van der Waals surface area contributed by atoms with Gasteiger partial charge in [-0.15, -0.1) is 0 Å². The molecule has 79 valence electrons. The van der Waals surface area contributed by atoms with E-state index >= 15 is 0 Å². The van der Waals surface area contributed by atoms with Crippen molar-refractivity contribution in [1.29, 1.82) is 0 Å². The van der Waals surface area contributed by atoms with E-state index in [-0.39, 0.29) is 5.91 Å². The smallest absolute Gasteiger partial charge is 0.274 e. The van der Waals surface area contributed by atoms with Gasteiger partial charge < -0.3 is 0 Å². The zero-order chi connectivity index (χ0) is 11.5. The van der Waals surface area contributed by atoms with Gasteiger partial charge in [-0.25, -0.2) is 4.90 Å². The van der Waals surface area contributed by atoms with Gasteiger partial charge in [0.05, 0.1) is 5.69 Å². The van der Waals surface area contributed by atoms with Gasteiger partial charge in [0.25, 0.3) is 0 Å². The number of imide groups is 1. The molecule has 0 aliphatic rings. The average Bonchev–Trinajstić information content (AvgIpc) is 2.30.